The average molecular weight is 310 g/mol. The van der Waals surface area contributed by atoms with E-state index in [1.165, 1.54) is 5.56 Å². The molecule has 1 aromatic heterocycles. The number of likely N-dealkylation sites (tertiary alicyclic amines) is 1. The van der Waals surface area contributed by atoms with E-state index in [4.69, 9.17) is 10.5 Å². The van der Waals surface area contributed by atoms with Gasteiger partial charge in [-0.05, 0) is 56.0 Å². The quantitative estimate of drug-likeness (QED) is 0.908. The summed E-state index contributed by atoms with van der Waals surface area (Å²) < 4.78 is 5.56. The molecule has 4 nitrogen and oxygen atoms in total. The van der Waals surface area contributed by atoms with Crippen LogP contribution in [0.4, 0.5) is 4.79 Å². The number of hydrogen-bond donors (Lipinski definition) is 1. The van der Waals surface area contributed by atoms with Gasteiger partial charge >= 0.3 is 6.09 Å². The van der Waals surface area contributed by atoms with Gasteiger partial charge in [0.1, 0.15) is 5.60 Å². The van der Waals surface area contributed by atoms with Crippen LogP contribution in [0.15, 0.2) is 16.8 Å². The standard InChI is InChI=1S/C16H26N2O2S/c1-5-14-13(11-6-7-21-10-11)8-12(17)9-18(14)15(19)20-16(2,3)4/h6-7,10,12-14H,5,8-9,17H2,1-4H3. The molecule has 3 unspecified atom stereocenters. The van der Waals surface area contributed by atoms with Gasteiger partial charge in [-0.15, -0.1) is 0 Å². The maximum atomic E-state index is 12.5. The Balaban J connectivity index is 2.21. The summed E-state index contributed by atoms with van der Waals surface area (Å²) in [6.07, 6.45) is 1.59. The normalized spacial score (nSPS) is 26.7. The fourth-order valence-corrected chi connectivity index (χ4v) is 3.77. The van der Waals surface area contributed by atoms with Gasteiger partial charge in [0.25, 0.3) is 0 Å². The lowest BCUT2D eigenvalue weighted by atomic mass is 9.82. The van der Waals surface area contributed by atoms with Gasteiger partial charge in [0.05, 0.1) is 0 Å². The lowest BCUT2D eigenvalue weighted by molar-refractivity contribution is 0.00342. The third-order valence-corrected chi connectivity index (χ3v) is 4.57. The minimum absolute atomic E-state index is 0.00483. The Kier molecular flexibility index (Phi) is 4.94. The Bertz CT molecular complexity index is 467. The molecule has 118 valence electrons. The van der Waals surface area contributed by atoms with Crippen molar-refractivity contribution in [3.63, 3.8) is 0 Å². The number of thiophene rings is 1. The highest BCUT2D eigenvalue weighted by atomic mass is 32.1. The molecule has 3 atom stereocenters. The first-order chi connectivity index (χ1) is 9.81. The van der Waals surface area contributed by atoms with E-state index in [0.29, 0.717) is 12.5 Å². The number of nitrogens with two attached hydrogens (primary N) is 1. The minimum atomic E-state index is -0.477. The van der Waals surface area contributed by atoms with E-state index in [0.717, 1.165) is 12.8 Å². The molecular formula is C16H26N2O2S. The first-order valence-electron chi connectivity index (χ1n) is 7.59. The molecule has 1 amide bonds. The van der Waals surface area contributed by atoms with Crippen molar-refractivity contribution >= 4 is 17.4 Å². The predicted molar refractivity (Wildman–Crippen MR) is 86.7 cm³/mol. The molecule has 0 aromatic carbocycles. The lowest BCUT2D eigenvalue weighted by Gasteiger charge is -2.43. The van der Waals surface area contributed by atoms with E-state index < -0.39 is 5.60 Å². The minimum Gasteiger partial charge on any atom is -0.444 e. The zero-order valence-corrected chi connectivity index (χ0v) is 14.2. The fraction of sp³-hybridized carbons (Fsp3) is 0.688. The van der Waals surface area contributed by atoms with Crippen LogP contribution in [0.3, 0.4) is 0 Å². The highest BCUT2D eigenvalue weighted by Crippen LogP contribution is 2.35. The fourth-order valence-electron chi connectivity index (χ4n) is 3.04. The number of rotatable bonds is 2. The van der Waals surface area contributed by atoms with Crippen LogP contribution in [0, 0.1) is 0 Å². The zero-order chi connectivity index (χ0) is 15.6. The van der Waals surface area contributed by atoms with Crippen molar-refractivity contribution in [3.8, 4) is 0 Å². The monoisotopic (exact) mass is 310 g/mol. The molecule has 2 rings (SSSR count). The molecule has 2 N–H and O–H groups in total. The number of carbonyl (C=O) groups excluding carboxylic acids is 1. The van der Waals surface area contributed by atoms with Crippen molar-refractivity contribution in [1.82, 2.24) is 4.90 Å². The van der Waals surface area contributed by atoms with Crippen LogP contribution in [-0.2, 0) is 4.74 Å². The third-order valence-electron chi connectivity index (χ3n) is 3.87. The molecule has 2 heterocycles. The van der Waals surface area contributed by atoms with Gasteiger partial charge in [-0.3, -0.25) is 0 Å². The van der Waals surface area contributed by atoms with Crippen LogP contribution >= 0.6 is 11.3 Å². The Morgan fingerprint density at radius 2 is 2.24 bits per heavy atom. The van der Waals surface area contributed by atoms with Crippen molar-refractivity contribution in [2.45, 2.75) is 64.1 Å². The van der Waals surface area contributed by atoms with Gasteiger partial charge in [-0.2, -0.15) is 11.3 Å². The summed E-state index contributed by atoms with van der Waals surface area (Å²) in [7, 11) is 0. The summed E-state index contributed by atoms with van der Waals surface area (Å²) >= 11 is 1.69. The van der Waals surface area contributed by atoms with Crippen molar-refractivity contribution in [3.05, 3.63) is 22.4 Å². The Hall–Kier alpha value is -1.07. The topological polar surface area (TPSA) is 55.6 Å². The van der Waals surface area contributed by atoms with Crippen molar-refractivity contribution in [2.75, 3.05) is 6.54 Å². The molecule has 1 aromatic rings. The first kappa shape index (κ1) is 16.3. The van der Waals surface area contributed by atoms with E-state index in [1.807, 2.05) is 25.7 Å². The van der Waals surface area contributed by atoms with E-state index in [-0.39, 0.29) is 18.2 Å². The molecule has 1 saturated heterocycles. The van der Waals surface area contributed by atoms with E-state index in [1.54, 1.807) is 11.3 Å². The lowest BCUT2D eigenvalue weighted by Crippen LogP contribution is -2.55. The third kappa shape index (κ3) is 3.98. The Labute approximate surface area is 131 Å². The van der Waals surface area contributed by atoms with E-state index in [2.05, 4.69) is 23.8 Å². The van der Waals surface area contributed by atoms with Crippen LogP contribution in [-0.4, -0.2) is 35.2 Å². The summed E-state index contributed by atoms with van der Waals surface area (Å²) in [6, 6.07) is 2.31. The van der Waals surface area contributed by atoms with Crippen LogP contribution in [0.25, 0.3) is 0 Å². The summed E-state index contributed by atoms with van der Waals surface area (Å²) in [6.45, 7) is 8.39. The predicted octanol–water partition coefficient (Wildman–Crippen LogP) is 3.58. The van der Waals surface area contributed by atoms with E-state index >= 15 is 0 Å². The zero-order valence-electron chi connectivity index (χ0n) is 13.3. The second-order valence-corrected chi connectivity index (χ2v) is 7.55. The molecule has 0 bridgehead atoms. The molecule has 5 heteroatoms. The molecule has 0 saturated carbocycles. The van der Waals surface area contributed by atoms with Gasteiger partial charge in [0.2, 0.25) is 0 Å². The molecule has 1 aliphatic heterocycles. The van der Waals surface area contributed by atoms with Crippen LogP contribution in [0.2, 0.25) is 0 Å². The van der Waals surface area contributed by atoms with Gasteiger partial charge < -0.3 is 15.4 Å². The van der Waals surface area contributed by atoms with Crippen LogP contribution in [0.1, 0.15) is 52.0 Å². The Morgan fingerprint density at radius 1 is 1.52 bits per heavy atom. The maximum absolute atomic E-state index is 12.5. The molecule has 0 spiro atoms. The molecule has 21 heavy (non-hydrogen) atoms. The number of carbonyl (C=O) groups is 1. The Morgan fingerprint density at radius 3 is 2.76 bits per heavy atom. The summed E-state index contributed by atoms with van der Waals surface area (Å²) in [5.74, 6) is 0.303. The highest BCUT2D eigenvalue weighted by molar-refractivity contribution is 7.08. The maximum Gasteiger partial charge on any atom is 0.410 e. The number of piperidine rings is 1. The molecule has 1 fully saturated rings. The second-order valence-electron chi connectivity index (χ2n) is 6.77. The SMILES string of the molecule is CCC1C(c2ccsc2)CC(N)CN1C(=O)OC(C)(C)C. The summed E-state index contributed by atoms with van der Waals surface area (Å²) in [5, 5.41) is 4.25. The largest absolute Gasteiger partial charge is 0.444 e. The summed E-state index contributed by atoms with van der Waals surface area (Å²) in [5.41, 5.74) is 7.00. The van der Waals surface area contributed by atoms with Crippen molar-refractivity contribution in [2.24, 2.45) is 5.73 Å². The van der Waals surface area contributed by atoms with Crippen LogP contribution < -0.4 is 5.73 Å². The molecule has 1 aliphatic rings. The number of amides is 1. The van der Waals surface area contributed by atoms with Crippen LogP contribution in [0.5, 0.6) is 0 Å². The smallest absolute Gasteiger partial charge is 0.410 e. The van der Waals surface area contributed by atoms with Gasteiger partial charge in [0.15, 0.2) is 0 Å². The van der Waals surface area contributed by atoms with Gasteiger partial charge in [-0.1, -0.05) is 6.92 Å². The van der Waals surface area contributed by atoms with Crippen molar-refractivity contribution in [1.29, 1.82) is 0 Å². The average Bonchev–Trinajstić information content (AvgIpc) is 2.89. The highest BCUT2D eigenvalue weighted by Gasteiger charge is 2.39. The summed E-state index contributed by atoms with van der Waals surface area (Å²) in [4.78, 5) is 14.3. The molecular weight excluding hydrogens is 284 g/mol. The number of ether oxygens (including phenoxy) is 1. The second kappa shape index (κ2) is 6.36. The van der Waals surface area contributed by atoms with Crippen molar-refractivity contribution < 1.29 is 9.53 Å². The first-order valence-corrected chi connectivity index (χ1v) is 8.53. The number of nitrogens with zero attached hydrogens (tertiary/aromatic N) is 1. The van der Waals surface area contributed by atoms with Gasteiger partial charge in [0, 0.05) is 24.5 Å². The molecule has 0 radical (unpaired) electrons. The van der Waals surface area contributed by atoms with E-state index in [9.17, 15) is 4.79 Å². The van der Waals surface area contributed by atoms with Gasteiger partial charge in [-0.25, -0.2) is 4.79 Å². The number of hydrogen-bond acceptors (Lipinski definition) is 4. The molecule has 0 aliphatic carbocycles.